The van der Waals surface area contributed by atoms with E-state index in [-0.39, 0.29) is 5.97 Å². The standard InChI is InChI=1S/C20H19ClN2O3.C13H13BrClNO.C8H9NO2/c1-20(2,25)17-8-12(6-14-9-15(21)11-23-18(14)17)7-16-10-13(4-5-22-16)19(24)26-3;1-13(2,17)11-4-8(6-14)3-9-5-10(15)7-16-12(9)11;1-6-5-7(3-4-9-6)8(10)11-2/h4-6,8-11,25H,7H2,1-3H3;3-5,7,17H,6H2,1-2H3;3-5H,1-2H3. The van der Waals surface area contributed by atoms with E-state index in [0.717, 1.165) is 49.7 Å². The number of ether oxygens (including phenoxy) is 2. The van der Waals surface area contributed by atoms with Gasteiger partial charge in [0, 0.05) is 69.8 Å². The molecule has 0 radical (unpaired) electrons. The highest BCUT2D eigenvalue weighted by molar-refractivity contribution is 9.08. The van der Waals surface area contributed by atoms with Gasteiger partial charge < -0.3 is 19.7 Å². The second-order valence-electron chi connectivity index (χ2n) is 13.4. The van der Waals surface area contributed by atoms with Crippen LogP contribution in [0.25, 0.3) is 21.8 Å². The first kappa shape index (κ1) is 42.2. The summed E-state index contributed by atoms with van der Waals surface area (Å²) < 4.78 is 9.28. The second-order valence-corrected chi connectivity index (χ2v) is 14.8. The molecule has 2 N–H and O–H groups in total. The second kappa shape index (κ2) is 18.2. The van der Waals surface area contributed by atoms with Gasteiger partial charge in [0.15, 0.2) is 0 Å². The monoisotopic (exact) mass is 834 g/mol. The first-order valence-corrected chi connectivity index (χ1v) is 18.5. The van der Waals surface area contributed by atoms with Crippen LogP contribution in [0.2, 0.25) is 10.0 Å². The molecular weight excluding hydrogens is 795 g/mol. The first-order chi connectivity index (χ1) is 25.4. The topological polar surface area (TPSA) is 145 Å². The van der Waals surface area contributed by atoms with E-state index < -0.39 is 17.2 Å². The Morgan fingerprint density at radius 3 is 1.61 bits per heavy atom. The van der Waals surface area contributed by atoms with E-state index in [1.54, 1.807) is 76.7 Å². The van der Waals surface area contributed by atoms with E-state index in [0.29, 0.717) is 38.7 Å². The highest BCUT2D eigenvalue weighted by Gasteiger charge is 2.22. The number of esters is 2. The smallest absolute Gasteiger partial charge is 0.337 e. The zero-order valence-electron chi connectivity index (χ0n) is 30.9. The highest BCUT2D eigenvalue weighted by Crippen LogP contribution is 2.32. The molecule has 13 heteroatoms. The van der Waals surface area contributed by atoms with Crippen LogP contribution < -0.4 is 0 Å². The lowest BCUT2D eigenvalue weighted by Gasteiger charge is -2.21. The van der Waals surface area contributed by atoms with Crippen molar-refractivity contribution in [3.8, 4) is 0 Å². The Balaban J connectivity index is 0.000000199. The number of carbonyl (C=O) groups excluding carboxylic acids is 2. The lowest BCUT2D eigenvalue weighted by molar-refractivity contribution is 0.0591. The van der Waals surface area contributed by atoms with Gasteiger partial charge in [-0.3, -0.25) is 19.9 Å². The third kappa shape index (κ3) is 11.3. The number of hydrogen-bond donors (Lipinski definition) is 2. The number of rotatable bonds is 7. The van der Waals surface area contributed by atoms with E-state index in [1.807, 2.05) is 43.3 Å². The molecule has 4 heterocycles. The number of benzene rings is 2. The van der Waals surface area contributed by atoms with Crippen molar-refractivity contribution in [1.82, 2.24) is 19.9 Å². The maximum absolute atomic E-state index is 11.7. The SMILES string of the molecule is CC(C)(O)c1cc(CBr)cc2cc(Cl)cnc12.COC(=O)c1ccnc(C)c1.COC(=O)c1ccnc(Cc2cc(C(C)(C)O)c3ncc(Cl)cc3c2)c1. The Kier molecular flexibility index (Phi) is 14.2. The van der Waals surface area contributed by atoms with Crippen molar-refractivity contribution in [3.05, 3.63) is 140 Å². The fourth-order valence-corrected chi connectivity index (χ4v) is 6.16. The fourth-order valence-electron chi connectivity index (χ4n) is 5.50. The number of fused-ring (bicyclic) bond motifs is 2. The third-order valence-corrected chi connectivity index (χ3v) is 9.09. The number of pyridine rings is 4. The average molecular weight is 837 g/mol. The predicted molar refractivity (Wildman–Crippen MR) is 215 cm³/mol. The molecule has 0 aliphatic rings. The number of carbonyl (C=O) groups is 2. The van der Waals surface area contributed by atoms with Crippen molar-refractivity contribution in [1.29, 1.82) is 0 Å². The van der Waals surface area contributed by atoms with Crippen LogP contribution in [-0.4, -0.2) is 56.3 Å². The number of hydrogen-bond acceptors (Lipinski definition) is 10. The van der Waals surface area contributed by atoms with Crippen molar-refractivity contribution >= 4 is 72.9 Å². The van der Waals surface area contributed by atoms with Gasteiger partial charge in [-0.15, -0.1) is 0 Å². The molecule has 2 aromatic carbocycles. The molecule has 0 fully saturated rings. The van der Waals surface area contributed by atoms with Crippen LogP contribution in [0.3, 0.4) is 0 Å². The molecule has 0 saturated carbocycles. The minimum Gasteiger partial charge on any atom is -0.465 e. The van der Waals surface area contributed by atoms with Crippen molar-refractivity contribution in [2.24, 2.45) is 0 Å². The predicted octanol–water partition coefficient (Wildman–Crippen LogP) is 9.08. The number of methoxy groups -OCH3 is 2. The Bertz CT molecular complexity index is 2290. The molecule has 54 heavy (non-hydrogen) atoms. The molecule has 0 atom stereocenters. The van der Waals surface area contributed by atoms with E-state index >= 15 is 0 Å². The van der Waals surface area contributed by atoms with E-state index in [2.05, 4.69) is 40.6 Å². The van der Waals surface area contributed by atoms with E-state index in [1.165, 1.54) is 14.2 Å². The summed E-state index contributed by atoms with van der Waals surface area (Å²) in [5.41, 5.74) is 5.63. The Morgan fingerprint density at radius 1 is 0.685 bits per heavy atom. The summed E-state index contributed by atoms with van der Waals surface area (Å²) in [6.07, 6.45) is 6.84. The minimum atomic E-state index is -1.06. The first-order valence-electron chi connectivity index (χ1n) is 16.7. The van der Waals surface area contributed by atoms with Gasteiger partial charge in [-0.2, -0.15) is 0 Å². The molecule has 0 bridgehead atoms. The van der Waals surface area contributed by atoms with Gasteiger partial charge in [0.1, 0.15) is 0 Å². The van der Waals surface area contributed by atoms with E-state index in [9.17, 15) is 19.8 Å². The Labute approximate surface area is 332 Å². The van der Waals surface area contributed by atoms with Gasteiger partial charge in [0.05, 0.1) is 57.6 Å². The zero-order chi connectivity index (χ0) is 39.8. The number of alkyl halides is 1. The molecule has 4 aromatic heterocycles. The van der Waals surface area contributed by atoms with Gasteiger partial charge in [-0.05, 0) is 100 Å². The lowest BCUT2D eigenvalue weighted by atomic mass is 9.92. The third-order valence-electron chi connectivity index (χ3n) is 8.03. The van der Waals surface area contributed by atoms with Crippen LogP contribution in [-0.2, 0) is 32.4 Å². The van der Waals surface area contributed by atoms with Crippen molar-refractivity contribution in [2.45, 2.75) is 57.6 Å². The van der Waals surface area contributed by atoms with Crippen LogP contribution in [0.15, 0.2) is 85.5 Å². The fraction of sp³-hybridized carbons (Fsp3) is 0.268. The van der Waals surface area contributed by atoms with Crippen LogP contribution in [0.5, 0.6) is 0 Å². The summed E-state index contributed by atoms with van der Waals surface area (Å²) in [4.78, 5) is 39.6. The molecule has 0 amide bonds. The average Bonchev–Trinajstić information content (AvgIpc) is 3.13. The summed E-state index contributed by atoms with van der Waals surface area (Å²) in [5.74, 6) is -0.726. The van der Waals surface area contributed by atoms with Crippen molar-refractivity contribution in [3.63, 3.8) is 0 Å². The maximum Gasteiger partial charge on any atom is 0.337 e. The van der Waals surface area contributed by atoms with Crippen molar-refractivity contribution in [2.75, 3.05) is 14.2 Å². The quantitative estimate of drug-likeness (QED) is 0.118. The molecule has 0 saturated heterocycles. The normalized spacial score (nSPS) is 11.3. The Morgan fingerprint density at radius 2 is 1.15 bits per heavy atom. The minimum absolute atomic E-state index is 0.324. The molecular formula is C41H41BrCl2N4O6. The van der Waals surface area contributed by atoms with E-state index in [4.69, 9.17) is 27.9 Å². The summed E-state index contributed by atoms with van der Waals surface area (Å²) in [5, 5.41) is 24.4. The molecule has 10 nitrogen and oxygen atoms in total. The van der Waals surface area contributed by atoms with Gasteiger partial charge in [-0.1, -0.05) is 45.2 Å². The molecule has 0 aliphatic heterocycles. The molecule has 0 unspecified atom stereocenters. The Hall–Kier alpha value is -4.52. The number of aryl methyl sites for hydroxylation is 1. The number of halogens is 3. The summed E-state index contributed by atoms with van der Waals surface area (Å²) in [6.45, 7) is 8.79. The van der Waals surface area contributed by atoms with Crippen molar-refractivity contribution < 1.29 is 29.3 Å². The lowest BCUT2D eigenvalue weighted by Crippen LogP contribution is -2.17. The number of aliphatic hydroxyl groups is 2. The molecule has 6 aromatic rings. The molecule has 0 spiro atoms. The van der Waals surface area contributed by atoms with Gasteiger partial charge in [0.2, 0.25) is 0 Å². The molecule has 282 valence electrons. The van der Waals surface area contributed by atoms with Crippen LogP contribution in [0, 0.1) is 6.92 Å². The zero-order valence-corrected chi connectivity index (χ0v) is 34.0. The number of nitrogens with zero attached hydrogens (tertiary/aromatic N) is 4. The van der Waals surface area contributed by atoms with Gasteiger partial charge >= 0.3 is 11.9 Å². The van der Waals surface area contributed by atoms with Crippen LogP contribution in [0.1, 0.15) is 82.1 Å². The van der Waals surface area contributed by atoms with Gasteiger partial charge in [0.25, 0.3) is 0 Å². The van der Waals surface area contributed by atoms with Crippen LogP contribution >= 0.6 is 39.1 Å². The number of aromatic nitrogens is 4. The van der Waals surface area contributed by atoms with Crippen LogP contribution in [0.4, 0.5) is 0 Å². The summed E-state index contributed by atoms with van der Waals surface area (Å²) in [6, 6.07) is 18.2. The summed E-state index contributed by atoms with van der Waals surface area (Å²) >= 11 is 15.5. The molecule has 0 aliphatic carbocycles. The molecule has 6 rings (SSSR count). The highest BCUT2D eigenvalue weighted by atomic mass is 79.9. The maximum atomic E-state index is 11.7. The summed E-state index contributed by atoms with van der Waals surface area (Å²) in [7, 11) is 2.70. The largest absolute Gasteiger partial charge is 0.465 e. The van der Waals surface area contributed by atoms with Gasteiger partial charge in [-0.25, -0.2) is 9.59 Å².